The summed E-state index contributed by atoms with van der Waals surface area (Å²) in [6.45, 7) is 1.62. The van der Waals surface area contributed by atoms with Crippen molar-refractivity contribution in [2.75, 3.05) is 13.2 Å². The maximum Gasteiger partial charge on any atom is 0.239 e. The number of amides is 1. The summed E-state index contributed by atoms with van der Waals surface area (Å²) in [6.07, 6.45) is 0. The zero-order valence-corrected chi connectivity index (χ0v) is 8.31. The first kappa shape index (κ1) is 8.88. The van der Waals surface area contributed by atoms with Crippen molar-refractivity contribution in [2.45, 2.75) is 12.1 Å². The van der Waals surface area contributed by atoms with Crippen LogP contribution in [0.1, 0.15) is 23.2 Å². The Labute approximate surface area is 88.1 Å². The van der Waals surface area contributed by atoms with E-state index in [1.807, 2.05) is 18.2 Å². The first-order valence-corrected chi connectivity index (χ1v) is 5.13. The van der Waals surface area contributed by atoms with E-state index in [-0.39, 0.29) is 11.9 Å². The summed E-state index contributed by atoms with van der Waals surface area (Å²) >= 11 is 0. The minimum atomic E-state index is -0.260. The van der Waals surface area contributed by atoms with Crippen LogP contribution in [-0.4, -0.2) is 24.0 Å². The summed E-state index contributed by atoms with van der Waals surface area (Å²) < 4.78 is 0. The summed E-state index contributed by atoms with van der Waals surface area (Å²) in [5.41, 5.74) is 7.74. The van der Waals surface area contributed by atoms with Gasteiger partial charge in [-0.15, -0.1) is 0 Å². The quantitative estimate of drug-likeness (QED) is 0.682. The van der Waals surface area contributed by atoms with Gasteiger partial charge in [0.1, 0.15) is 6.04 Å². The molecule has 0 saturated carbocycles. The van der Waals surface area contributed by atoms with Crippen LogP contribution in [-0.2, 0) is 4.79 Å². The first-order valence-electron chi connectivity index (χ1n) is 5.13. The summed E-state index contributed by atoms with van der Waals surface area (Å²) in [7, 11) is 0. The molecular formula is C11H13N3O. The Morgan fingerprint density at radius 2 is 2.13 bits per heavy atom. The number of nitrogens with two attached hydrogens (primary N) is 1. The third kappa shape index (κ3) is 1.19. The second kappa shape index (κ2) is 3.05. The average molecular weight is 203 g/mol. The molecule has 3 N–H and O–H groups in total. The topological polar surface area (TPSA) is 58.4 Å². The first-order chi connectivity index (χ1) is 7.27. The lowest BCUT2D eigenvalue weighted by Crippen LogP contribution is -2.39. The monoisotopic (exact) mass is 203 g/mol. The maximum absolute atomic E-state index is 11.5. The molecule has 1 fully saturated rings. The fourth-order valence-corrected chi connectivity index (χ4v) is 2.60. The third-order valence-corrected chi connectivity index (χ3v) is 3.26. The van der Waals surface area contributed by atoms with E-state index < -0.39 is 0 Å². The van der Waals surface area contributed by atoms with Gasteiger partial charge in [0.2, 0.25) is 5.91 Å². The molecule has 4 nitrogen and oxygen atoms in total. The van der Waals surface area contributed by atoms with E-state index in [2.05, 4.69) is 16.3 Å². The Bertz CT molecular complexity index is 418. The molecule has 4 heteroatoms. The number of primary amides is 1. The Balaban J connectivity index is 2.15. The van der Waals surface area contributed by atoms with Gasteiger partial charge in [-0.1, -0.05) is 24.3 Å². The molecular weight excluding hydrogens is 190 g/mol. The van der Waals surface area contributed by atoms with Crippen LogP contribution in [0.2, 0.25) is 0 Å². The second-order valence-corrected chi connectivity index (χ2v) is 4.12. The molecule has 0 aliphatic carbocycles. The molecule has 3 rings (SSSR count). The number of carbonyl (C=O) groups is 1. The van der Waals surface area contributed by atoms with Crippen molar-refractivity contribution in [2.24, 2.45) is 5.73 Å². The molecule has 1 amide bonds. The molecule has 0 aromatic heterocycles. The van der Waals surface area contributed by atoms with E-state index in [1.54, 1.807) is 0 Å². The van der Waals surface area contributed by atoms with Gasteiger partial charge in [0.15, 0.2) is 0 Å². The molecule has 3 unspecified atom stereocenters. The molecule has 2 bridgehead atoms. The molecule has 15 heavy (non-hydrogen) atoms. The predicted octanol–water partition coefficient (Wildman–Crippen LogP) is 0.130. The van der Waals surface area contributed by atoms with Gasteiger partial charge in [-0.05, 0) is 11.1 Å². The highest BCUT2D eigenvalue weighted by molar-refractivity contribution is 5.82. The van der Waals surface area contributed by atoms with E-state index >= 15 is 0 Å². The van der Waals surface area contributed by atoms with Crippen LogP contribution in [0.15, 0.2) is 24.3 Å². The van der Waals surface area contributed by atoms with Crippen molar-refractivity contribution in [1.82, 2.24) is 10.2 Å². The number of hydrogen-bond donors (Lipinski definition) is 2. The van der Waals surface area contributed by atoms with E-state index in [9.17, 15) is 4.79 Å². The maximum atomic E-state index is 11.5. The van der Waals surface area contributed by atoms with Crippen molar-refractivity contribution in [3.05, 3.63) is 35.4 Å². The van der Waals surface area contributed by atoms with Gasteiger partial charge in [0.05, 0.1) is 0 Å². The fourth-order valence-electron chi connectivity index (χ4n) is 2.60. The third-order valence-electron chi connectivity index (χ3n) is 3.26. The Morgan fingerprint density at radius 3 is 2.87 bits per heavy atom. The van der Waals surface area contributed by atoms with Crippen LogP contribution in [0, 0.1) is 0 Å². The van der Waals surface area contributed by atoms with Gasteiger partial charge in [-0.3, -0.25) is 15.0 Å². The van der Waals surface area contributed by atoms with E-state index in [0.29, 0.717) is 6.04 Å². The second-order valence-electron chi connectivity index (χ2n) is 4.12. The van der Waals surface area contributed by atoms with Crippen molar-refractivity contribution in [3.63, 3.8) is 0 Å². The highest BCUT2D eigenvalue weighted by Gasteiger charge is 2.39. The van der Waals surface area contributed by atoms with E-state index in [1.165, 1.54) is 5.56 Å². The van der Waals surface area contributed by atoms with E-state index in [4.69, 9.17) is 5.73 Å². The van der Waals surface area contributed by atoms with Crippen molar-refractivity contribution in [3.8, 4) is 0 Å². The molecule has 1 aromatic carbocycles. The average Bonchev–Trinajstić information content (AvgIpc) is 2.63. The largest absolute Gasteiger partial charge is 0.368 e. The summed E-state index contributed by atoms with van der Waals surface area (Å²) in [5, 5.41) is 3.38. The number of rotatable bonds is 1. The lowest BCUT2D eigenvalue weighted by atomic mass is 9.91. The number of hydrogen-bond acceptors (Lipinski definition) is 3. The minimum absolute atomic E-state index is 0.257. The van der Waals surface area contributed by atoms with Crippen LogP contribution in [0.4, 0.5) is 0 Å². The number of benzene rings is 1. The van der Waals surface area contributed by atoms with E-state index in [0.717, 1.165) is 18.8 Å². The van der Waals surface area contributed by atoms with Crippen molar-refractivity contribution < 1.29 is 4.79 Å². The van der Waals surface area contributed by atoms with Gasteiger partial charge in [-0.25, -0.2) is 0 Å². The van der Waals surface area contributed by atoms with Crippen LogP contribution < -0.4 is 11.1 Å². The molecule has 2 heterocycles. The highest BCUT2D eigenvalue weighted by Crippen LogP contribution is 2.37. The molecule has 3 atom stereocenters. The standard InChI is InChI=1S/C11H13N3O/c12-11(15)10-8-4-2-1-3-7(8)9-5-14(10)6-13-9/h1-4,9-10,13H,5-6H2,(H2,12,15). The van der Waals surface area contributed by atoms with Gasteiger partial charge in [0, 0.05) is 19.3 Å². The van der Waals surface area contributed by atoms with Crippen LogP contribution in [0.3, 0.4) is 0 Å². The molecule has 0 radical (unpaired) electrons. The number of nitrogens with zero attached hydrogens (tertiary/aromatic N) is 1. The van der Waals surface area contributed by atoms with Gasteiger partial charge in [0.25, 0.3) is 0 Å². The summed E-state index contributed by atoms with van der Waals surface area (Å²) in [6, 6.07) is 8.14. The molecule has 1 aromatic rings. The predicted molar refractivity (Wildman–Crippen MR) is 55.8 cm³/mol. The Morgan fingerprint density at radius 1 is 1.40 bits per heavy atom. The van der Waals surface area contributed by atoms with Crippen LogP contribution >= 0.6 is 0 Å². The van der Waals surface area contributed by atoms with Crippen molar-refractivity contribution >= 4 is 5.91 Å². The minimum Gasteiger partial charge on any atom is -0.368 e. The van der Waals surface area contributed by atoms with Crippen LogP contribution in [0.5, 0.6) is 0 Å². The zero-order valence-electron chi connectivity index (χ0n) is 8.31. The van der Waals surface area contributed by atoms with Gasteiger partial charge < -0.3 is 5.73 Å². The SMILES string of the molecule is NC(=O)C1c2ccccc2C2CN1CN2. The van der Waals surface area contributed by atoms with Crippen LogP contribution in [0.25, 0.3) is 0 Å². The highest BCUT2D eigenvalue weighted by atomic mass is 16.1. The lowest BCUT2D eigenvalue weighted by Gasteiger charge is -2.31. The molecule has 0 spiro atoms. The summed E-state index contributed by atoms with van der Waals surface area (Å²) in [5.74, 6) is -0.260. The fraction of sp³-hybridized carbons (Fsp3) is 0.364. The van der Waals surface area contributed by atoms with Gasteiger partial charge >= 0.3 is 0 Å². The van der Waals surface area contributed by atoms with Crippen molar-refractivity contribution in [1.29, 1.82) is 0 Å². The Hall–Kier alpha value is -1.39. The van der Waals surface area contributed by atoms with Gasteiger partial charge in [-0.2, -0.15) is 0 Å². The Kier molecular flexibility index (Phi) is 1.81. The molecule has 1 saturated heterocycles. The normalized spacial score (nSPS) is 32.4. The summed E-state index contributed by atoms with van der Waals surface area (Å²) in [4.78, 5) is 13.6. The smallest absolute Gasteiger partial charge is 0.239 e. The molecule has 78 valence electrons. The molecule has 2 aliphatic rings. The number of fused-ring (bicyclic) bond motifs is 4. The number of carbonyl (C=O) groups excluding carboxylic acids is 1. The molecule has 2 aliphatic heterocycles. The zero-order chi connectivity index (χ0) is 10.4. The lowest BCUT2D eigenvalue weighted by molar-refractivity contribution is -0.123. The number of nitrogens with one attached hydrogen (secondary N) is 1.